The maximum absolute atomic E-state index is 13.7. The average molecular weight is 301 g/mol. The van der Waals surface area contributed by atoms with Gasteiger partial charge in [-0.2, -0.15) is 0 Å². The third-order valence-corrected chi connectivity index (χ3v) is 4.09. The molecule has 2 heterocycles. The van der Waals surface area contributed by atoms with Crippen LogP contribution >= 0.6 is 0 Å². The van der Waals surface area contributed by atoms with Crippen molar-refractivity contribution in [2.45, 2.75) is 26.4 Å². The number of urea groups is 1. The van der Waals surface area contributed by atoms with Gasteiger partial charge in [0.15, 0.2) is 0 Å². The Morgan fingerprint density at radius 3 is 2.73 bits per heavy atom. The van der Waals surface area contributed by atoms with E-state index in [9.17, 15) is 9.18 Å². The lowest BCUT2D eigenvalue weighted by Gasteiger charge is -2.39. The molecule has 1 aliphatic heterocycles. The fourth-order valence-electron chi connectivity index (χ4n) is 3.09. The summed E-state index contributed by atoms with van der Waals surface area (Å²) >= 11 is 0. The number of benzene rings is 1. The van der Waals surface area contributed by atoms with Crippen LogP contribution in [0.1, 0.15) is 25.6 Å². The molecule has 4 nitrogen and oxygen atoms in total. The number of carbonyl (C=O) groups excluding carboxylic acids is 1. The Hall–Kier alpha value is -2.30. The number of rotatable bonds is 2. The van der Waals surface area contributed by atoms with Gasteiger partial charge in [-0.15, -0.1) is 0 Å². The van der Waals surface area contributed by atoms with Gasteiger partial charge in [-0.3, -0.25) is 0 Å². The molecule has 0 spiro atoms. The van der Waals surface area contributed by atoms with Crippen LogP contribution in [0.5, 0.6) is 0 Å². The van der Waals surface area contributed by atoms with Gasteiger partial charge in [0.2, 0.25) is 0 Å². The zero-order valence-electron chi connectivity index (χ0n) is 12.8. The topological polar surface area (TPSA) is 37.3 Å². The van der Waals surface area contributed by atoms with Crippen LogP contribution in [0.2, 0.25) is 0 Å². The number of anilines is 1. The van der Waals surface area contributed by atoms with Gasteiger partial charge in [0.05, 0.1) is 11.7 Å². The molecule has 22 heavy (non-hydrogen) atoms. The molecule has 0 aliphatic carbocycles. The van der Waals surface area contributed by atoms with Crippen molar-refractivity contribution in [1.82, 2.24) is 9.47 Å². The van der Waals surface area contributed by atoms with Crippen LogP contribution in [0.4, 0.5) is 14.9 Å². The monoisotopic (exact) mass is 301 g/mol. The molecule has 1 aromatic heterocycles. The van der Waals surface area contributed by atoms with Crippen molar-refractivity contribution in [2.24, 2.45) is 5.92 Å². The number of halogens is 1. The summed E-state index contributed by atoms with van der Waals surface area (Å²) in [6.45, 7) is 5.56. The van der Waals surface area contributed by atoms with Crippen LogP contribution in [0.15, 0.2) is 42.6 Å². The maximum Gasteiger partial charge on any atom is 0.322 e. The van der Waals surface area contributed by atoms with Gasteiger partial charge in [0.25, 0.3) is 0 Å². The third-order valence-electron chi connectivity index (χ3n) is 4.09. The largest absolute Gasteiger partial charge is 0.348 e. The van der Waals surface area contributed by atoms with Crippen LogP contribution in [0, 0.1) is 11.7 Å². The summed E-state index contributed by atoms with van der Waals surface area (Å²) in [5.74, 6) is -0.141. The first-order valence-electron chi connectivity index (χ1n) is 7.55. The summed E-state index contributed by atoms with van der Waals surface area (Å²) in [4.78, 5) is 14.4. The number of para-hydroxylation sites is 1. The summed E-state index contributed by atoms with van der Waals surface area (Å²) in [5, 5.41) is 2.69. The Balaban J connectivity index is 1.84. The molecule has 0 fully saturated rings. The van der Waals surface area contributed by atoms with E-state index in [0.29, 0.717) is 6.54 Å². The van der Waals surface area contributed by atoms with Crippen molar-refractivity contribution in [3.63, 3.8) is 0 Å². The summed E-state index contributed by atoms with van der Waals surface area (Å²) in [5.41, 5.74) is 1.35. The Morgan fingerprint density at radius 1 is 1.23 bits per heavy atom. The molecule has 2 amide bonds. The molecule has 2 aromatic rings. The van der Waals surface area contributed by atoms with Crippen LogP contribution in [0.3, 0.4) is 0 Å². The van der Waals surface area contributed by atoms with E-state index < -0.39 is 5.82 Å². The second kappa shape index (κ2) is 5.83. The highest BCUT2D eigenvalue weighted by Crippen LogP contribution is 2.32. The molecule has 1 N–H and O–H groups in total. The zero-order chi connectivity index (χ0) is 15.7. The molecule has 0 saturated carbocycles. The van der Waals surface area contributed by atoms with E-state index >= 15 is 0 Å². The highest BCUT2D eigenvalue weighted by molar-refractivity contribution is 5.89. The van der Waals surface area contributed by atoms with Gasteiger partial charge in [0.1, 0.15) is 5.82 Å². The lowest BCUT2D eigenvalue weighted by atomic mass is 9.97. The number of aromatic nitrogens is 1. The number of hydrogen-bond donors (Lipinski definition) is 1. The Bertz CT molecular complexity index is 680. The van der Waals surface area contributed by atoms with Gasteiger partial charge in [-0.05, 0) is 30.2 Å². The number of carbonyl (C=O) groups is 1. The minimum Gasteiger partial charge on any atom is -0.348 e. The molecule has 1 atom stereocenters. The van der Waals surface area contributed by atoms with E-state index in [4.69, 9.17) is 0 Å². The van der Waals surface area contributed by atoms with Crippen molar-refractivity contribution in [2.75, 3.05) is 11.9 Å². The SMILES string of the molecule is CC(C)[C@@H]1c2cccn2CCN1C(=O)Nc1ccccc1F. The van der Waals surface area contributed by atoms with Gasteiger partial charge in [-0.25, -0.2) is 9.18 Å². The van der Waals surface area contributed by atoms with Crippen molar-refractivity contribution in [3.05, 3.63) is 54.1 Å². The molecule has 0 saturated heterocycles. The number of hydrogen-bond acceptors (Lipinski definition) is 1. The van der Waals surface area contributed by atoms with Crippen molar-refractivity contribution < 1.29 is 9.18 Å². The lowest BCUT2D eigenvalue weighted by Crippen LogP contribution is -2.45. The zero-order valence-corrected chi connectivity index (χ0v) is 12.8. The van der Waals surface area contributed by atoms with Crippen molar-refractivity contribution in [3.8, 4) is 0 Å². The molecular weight excluding hydrogens is 281 g/mol. The molecular formula is C17H20FN3O. The minimum atomic E-state index is -0.419. The van der Waals surface area contributed by atoms with E-state index in [0.717, 1.165) is 12.2 Å². The molecule has 116 valence electrons. The standard InChI is InChI=1S/C17H20FN3O/c1-12(2)16-15-8-5-9-20(15)10-11-21(16)17(22)19-14-7-4-3-6-13(14)18/h3-9,12,16H,10-11H2,1-2H3,(H,19,22)/t16-/m1/s1. The van der Waals surface area contributed by atoms with Crippen LogP contribution in [-0.2, 0) is 6.54 Å². The van der Waals surface area contributed by atoms with Gasteiger partial charge >= 0.3 is 6.03 Å². The maximum atomic E-state index is 13.7. The van der Waals surface area contributed by atoms with Crippen LogP contribution < -0.4 is 5.32 Å². The fourth-order valence-corrected chi connectivity index (χ4v) is 3.09. The number of nitrogens with one attached hydrogen (secondary N) is 1. The average Bonchev–Trinajstić information content (AvgIpc) is 2.96. The predicted octanol–water partition coefficient (Wildman–Crippen LogP) is 3.87. The van der Waals surface area contributed by atoms with E-state index in [1.54, 1.807) is 23.1 Å². The Morgan fingerprint density at radius 2 is 2.00 bits per heavy atom. The molecule has 5 heteroatoms. The molecule has 0 bridgehead atoms. The van der Waals surface area contributed by atoms with E-state index in [-0.39, 0.29) is 23.7 Å². The second-order valence-electron chi connectivity index (χ2n) is 5.92. The lowest BCUT2D eigenvalue weighted by molar-refractivity contribution is 0.143. The number of nitrogens with zero attached hydrogens (tertiary/aromatic N) is 2. The van der Waals surface area contributed by atoms with Crippen LogP contribution in [-0.4, -0.2) is 22.0 Å². The van der Waals surface area contributed by atoms with E-state index in [2.05, 4.69) is 23.7 Å². The summed E-state index contributed by atoms with van der Waals surface area (Å²) in [6, 6.07) is 10.0. The highest BCUT2D eigenvalue weighted by Gasteiger charge is 2.33. The fraction of sp³-hybridized carbons (Fsp3) is 0.353. The number of amides is 2. The second-order valence-corrected chi connectivity index (χ2v) is 5.92. The quantitative estimate of drug-likeness (QED) is 0.898. The minimum absolute atomic E-state index is 0.00414. The molecule has 1 aliphatic rings. The first-order chi connectivity index (χ1) is 10.6. The highest BCUT2D eigenvalue weighted by atomic mass is 19.1. The van der Waals surface area contributed by atoms with Gasteiger partial charge < -0.3 is 14.8 Å². The van der Waals surface area contributed by atoms with E-state index in [1.165, 1.54) is 6.07 Å². The van der Waals surface area contributed by atoms with Crippen molar-refractivity contribution in [1.29, 1.82) is 0 Å². The summed E-state index contributed by atoms with van der Waals surface area (Å²) < 4.78 is 15.9. The van der Waals surface area contributed by atoms with Gasteiger partial charge in [0, 0.05) is 25.0 Å². The van der Waals surface area contributed by atoms with Crippen LogP contribution in [0.25, 0.3) is 0 Å². The summed E-state index contributed by atoms with van der Waals surface area (Å²) in [6.07, 6.45) is 2.04. The predicted molar refractivity (Wildman–Crippen MR) is 84.1 cm³/mol. The Kier molecular flexibility index (Phi) is 3.88. The Labute approximate surface area is 129 Å². The van der Waals surface area contributed by atoms with Crippen molar-refractivity contribution >= 4 is 11.7 Å². The summed E-state index contributed by atoms with van der Waals surface area (Å²) in [7, 11) is 0. The molecule has 1 aromatic carbocycles. The smallest absolute Gasteiger partial charge is 0.322 e. The third kappa shape index (κ3) is 2.58. The first-order valence-corrected chi connectivity index (χ1v) is 7.55. The number of fused-ring (bicyclic) bond motifs is 1. The van der Waals surface area contributed by atoms with E-state index in [1.807, 2.05) is 18.3 Å². The normalized spacial score (nSPS) is 17.5. The molecule has 3 rings (SSSR count). The van der Waals surface area contributed by atoms with Gasteiger partial charge in [-0.1, -0.05) is 26.0 Å². The molecule has 0 radical (unpaired) electrons. The molecule has 0 unspecified atom stereocenters. The first kappa shape index (κ1) is 14.6.